The maximum Gasteiger partial charge on any atom is 0.337 e. The van der Waals surface area contributed by atoms with Gasteiger partial charge in [-0.05, 0) is 42.8 Å². The Kier molecular flexibility index (Phi) is 6.01. The molecule has 1 aliphatic heterocycles. The van der Waals surface area contributed by atoms with Gasteiger partial charge < -0.3 is 24.8 Å². The number of ether oxygens (including phenoxy) is 3. The zero-order chi connectivity index (χ0) is 21.8. The maximum atomic E-state index is 12.5. The van der Waals surface area contributed by atoms with E-state index >= 15 is 0 Å². The Bertz CT molecular complexity index is 998. The van der Waals surface area contributed by atoms with Crippen LogP contribution in [0.5, 0.6) is 5.75 Å². The number of nitrogens with one attached hydrogen (secondary N) is 2. The van der Waals surface area contributed by atoms with Crippen LogP contribution < -0.4 is 15.4 Å². The molecule has 2 amide bonds. The van der Waals surface area contributed by atoms with Crippen molar-refractivity contribution in [2.45, 2.75) is 19.4 Å². The van der Waals surface area contributed by atoms with Gasteiger partial charge in [0, 0.05) is 5.69 Å². The first-order valence-corrected chi connectivity index (χ1v) is 9.00. The van der Waals surface area contributed by atoms with Crippen LogP contribution in [0.2, 0.25) is 0 Å². The Morgan fingerprint density at radius 1 is 1.03 bits per heavy atom. The number of carbonyl (C=O) groups excluding carboxylic acids is 4. The van der Waals surface area contributed by atoms with E-state index in [1.54, 1.807) is 12.1 Å². The van der Waals surface area contributed by atoms with E-state index in [4.69, 9.17) is 4.74 Å². The van der Waals surface area contributed by atoms with Gasteiger partial charge >= 0.3 is 11.9 Å². The lowest BCUT2D eigenvalue weighted by Gasteiger charge is -2.25. The second-order valence-corrected chi connectivity index (χ2v) is 6.63. The molecule has 2 aromatic rings. The number of rotatable bonds is 5. The van der Waals surface area contributed by atoms with Crippen molar-refractivity contribution in [1.82, 2.24) is 0 Å². The molecule has 0 unspecified atom stereocenters. The van der Waals surface area contributed by atoms with Crippen LogP contribution in [0.4, 0.5) is 11.4 Å². The molecule has 0 bridgehead atoms. The first-order chi connectivity index (χ1) is 14.3. The van der Waals surface area contributed by atoms with Crippen molar-refractivity contribution in [3.8, 4) is 5.75 Å². The number of anilines is 2. The second-order valence-electron chi connectivity index (χ2n) is 6.63. The summed E-state index contributed by atoms with van der Waals surface area (Å²) >= 11 is 0. The number of aryl methyl sites for hydroxylation is 1. The molecular weight excluding hydrogens is 392 g/mol. The van der Waals surface area contributed by atoms with Crippen LogP contribution in [-0.4, -0.2) is 44.1 Å². The number of hydrogen-bond donors (Lipinski definition) is 2. The van der Waals surface area contributed by atoms with Crippen LogP contribution in [-0.2, 0) is 19.1 Å². The minimum atomic E-state index is -1.02. The number of methoxy groups -OCH3 is 2. The van der Waals surface area contributed by atoms with E-state index in [1.807, 2.05) is 13.0 Å². The van der Waals surface area contributed by atoms with Gasteiger partial charge in [-0.1, -0.05) is 6.07 Å². The summed E-state index contributed by atoms with van der Waals surface area (Å²) in [5.74, 6) is -1.87. The highest BCUT2D eigenvalue weighted by Gasteiger charge is 2.30. The quantitative estimate of drug-likeness (QED) is 0.723. The number of hydrogen-bond acceptors (Lipinski definition) is 7. The third-order valence-corrected chi connectivity index (χ3v) is 4.38. The third kappa shape index (κ3) is 4.57. The molecule has 1 heterocycles. The lowest BCUT2D eigenvalue weighted by Crippen LogP contribution is -2.39. The van der Waals surface area contributed by atoms with Gasteiger partial charge in [0.1, 0.15) is 5.75 Å². The molecule has 2 aromatic carbocycles. The second kappa shape index (κ2) is 8.64. The molecule has 0 aliphatic carbocycles. The summed E-state index contributed by atoms with van der Waals surface area (Å²) < 4.78 is 15.0. The standard InChI is InChI=1S/C21H20N2O7/c1-11-4-5-16-15(6-11)23-19(25)17(30-16)10-18(24)22-14-8-12(20(26)28-2)7-13(9-14)21(27)29-3/h4-9,17H,10H2,1-3H3,(H,22,24)(H,23,25)/t17-/m0/s1. The van der Waals surface area contributed by atoms with Crippen molar-refractivity contribution in [2.75, 3.05) is 24.9 Å². The summed E-state index contributed by atoms with van der Waals surface area (Å²) in [6.07, 6.45) is -1.29. The Morgan fingerprint density at radius 2 is 1.67 bits per heavy atom. The summed E-state index contributed by atoms with van der Waals surface area (Å²) in [6.45, 7) is 1.89. The van der Waals surface area contributed by atoms with Gasteiger partial charge in [0.05, 0.1) is 37.5 Å². The van der Waals surface area contributed by atoms with Crippen molar-refractivity contribution in [2.24, 2.45) is 0 Å². The highest BCUT2D eigenvalue weighted by molar-refractivity contribution is 6.03. The molecule has 0 fully saturated rings. The van der Waals surface area contributed by atoms with Crippen LogP contribution >= 0.6 is 0 Å². The molecule has 3 rings (SSSR count). The predicted octanol–water partition coefficient (Wildman–Crippen LogP) is 2.30. The van der Waals surface area contributed by atoms with E-state index in [2.05, 4.69) is 20.1 Å². The molecule has 0 spiro atoms. The minimum Gasteiger partial charge on any atom is -0.478 e. The predicted molar refractivity (Wildman–Crippen MR) is 107 cm³/mol. The summed E-state index contributed by atoms with van der Waals surface area (Å²) in [6, 6.07) is 9.34. The average Bonchev–Trinajstić information content (AvgIpc) is 2.72. The van der Waals surface area contributed by atoms with Crippen LogP contribution in [0.25, 0.3) is 0 Å². The fraction of sp³-hybridized carbons (Fsp3) is 0.238. The molecule has 0 saturated carbocycles. The largest absolute Gasteiger partial charge is 0.478 e. The topological polar surface area (TPSA) is 120 Å². The molecule has 2 N–H and O–H groups in total. The Labute approximate surface area is 172 Å². The summed E-state index contributed by atoms with van der Waals surface area (Å²) in [5.41, 5.74) is 1.81. The van der Waals surface area contributed by atoms with Gasteiger partial charge in [0.2, 0.25) is 5.91 Å². The molecular formula is C21H20N2O7. The zero-order valence-corrected chi connectivity index (χ0v) is 16.6. The number of carbonyl (C=O) groups is 4. The van der Waals surface area contributed by atoms with E-state index < -0.39 is 29.9 Å². The lowest BCUT2D eigenvalue weighted by atomic mass is 10.1. The molecule has 1 atom stereocenters. The molecule has 0 saturated heterocycles. The lowest BCUT2D eigenvalue weighted by molar-refractivity contribution is -0.128. The minimum absolute atomic E-state index is 0.0617. The van der Waals surface area contributed by atoms with Crippen molar-refractivity contribution in [3.63, 3.8) is 0 Å². The van der Waals surface area contributed by atoms with Crippen molar-refractivity contribution in [1.29, 1.82) is 0 Å². The first kappa shape index (κ1) is 20.8. The highest BCUT2D eigenvalue weighted by Crippen LogP contribution is 2.31. The molecule has 0 radical (unpaired) electrons. The van der Waals surface area contributed by atoms with Gasteiger partial charge in [-0.3, -0.25) is 9.59 Å². The van der Waals surface area contributed by atoms with Crippen molar-refractivity contribution >= 4 is 35.1 Å². The normalized spacial score (nSPS) is 14.6. The van der Waals surface area contributed by atoms with Gasteiger partial charge in [0.15, 0.2) is 6.10 Å². The van der Waals surface area contributed by atoms with Gasteiger partial charge in [-0.2, -0.15) is 0 Å². The SMILES string of the molecule is COC(=O)c1cc(NC(=O)C[C@@H]2Oc3ccc(C)cc3NC2=O)cc(C(=O)OC)c1. The fourth-order valence-electron chi connectivity index (χ4n) is 2.95. The molecule has 30 heavy (non-hydrogen) atoms. The molecule has 156 valence electrons. The van der Waals surface area contributed by atoms with Gasteiger partial charge in [-0.15, -0.1) is 0 Å². The average molecular weight is 412 g/mol. The smallest absolute Gasteiger partial charge is 0.337 e. The van der Waals surface area contributed by atoms with Crippen LogP contribution in [0.1, 0.15) is 32.7 Å². The summed E-state index contributed by atoms with van der Waals surface area (Å²) in [5, 5.41) is 5.28. The third-order valence-electron chi connectivity index (χ3n) is 4.38. The van der Waals surface area contributed by atoms with Crippen molar-refractivity contribution < 1.29 is 33.4 Å². The summed E-state index contributed by atoms with van der Waals surface area (Å²) in [7, 11) is 2.40. The number of benzene rings is 2. The molecule has 9 nitrogen and oxygen atoms in total. The molecule has 0 aromatic heterocycles. The summed E-state index contributed by atoms with van der Waals surface area (Å²) in [4.78, 5) is 48.5. The Balaban J connectivity index is 1.75. The van der Waals surface area contributed by atoms with Gasteiger partial charge in [0.25, 0.3) is 5.91 Å². The van der Waals surface area contributed by atoms with Gasteiger partial charge in [-0.25, -0.2) is 9.59 Å². The van der Waals surface area contributed by atoms with E-state index in [0.29, 0.717) is 11.4 Å². The Morgan fingerprint density at radius 3 is 2.27 bits per heavy atom. The Hall–Kier alpha value is -3.88. The van der Waals surface area contributed by atoms with Crippen LogP contribution in [0.15, 0.2) is 36.4 Å². The van der Waals surface area contributed by atoms with E-state index in [-0.39, 0.29) is 23.2 Å². The number of esters is 2. The zero-order valence-electron chi connectivity index (χ0n) is 16.6. The number of fused-ring (bicyclic) bond motifs is 1. The highest BCUT2D eigenvalue weighted by atomic mass is 16.5. The molecule has 1 aliphatic rings. The van der Waals surface area contributed by atoms with E-state index in [1.165, 1.54) is 32.4 Å². The van der Waals surface area contributed by atoms with Crippen LogP contribution in [0, 0.1) is 6.92 Å². The maximum absolute atomic E-state index is 12.5. The van der Waals surface area contributed by atoms with E-state index in [9.17, 15) is 19.2 Å². The molecule has 9 heteroatoms. The first-order valence-electron chi connectivity index (χ1n) is 9.00. The van der Waals surface area contributed by atoms with Crippen LogP contribution in [0.3, 0.4) is 0 Å². The number of amides is 2. The fourth-order valence-corrected chi connectivity index (χ4v) is 2.95. The van der Waals surface area contributed by atoms with E-state index in [0.717, 1.165) is 5.56 Å². The monoisotopic (exact) mass is 412 g/mol. The van der Waals surface area contributed by atoms with Crippen molar-refractivity contribution in [3.05, 3.63) is 53.1 Å².